The highest BCUT2D eigenvalue weighted by Gasteiger charge is 2.19. The molecule has 2 aromatic rings. The van der Waals surface area contributed by atoms with Crippen molar-refractivity contribution in [1.29, 1.82) is 0 Å². The highest BCUT2D eigenvalue weighted by molar-refractivity contribution is 5.85. The van der Waals surface area contributed by atoms with Gasteiger partial charge in [0.1, 0.15) is 12.4 Å². The molecule has 0 bridgehead atoms. The molecule has 0 atom stereocenters. The first-order valence-corrected chi connectivity index (χ1v) is 8.84. The third-order valence-corrected chi connectivity index (χ3v) is 4.53. The lowest BCUT2D eigenvalue weighted by molar-refractivity contribution is -0.139. The number of fused-ring (bicyclic) bond motifs is 2. The smallest absolute Gasteiger partial charge is 0.309 e. The van der Waals surface area contributed by atoms with Crippen LogP contribution in [0.4, 0.5) is 0 Å². The monoisotopic (exact) mass is 351 g/mol. The molecule has 1 aliphatic rings. The molecule has 4 nitrogen and oxygen atoms in total. The number of hydrogen-bond acceptors (Lipinski definition) is 4. The molecule has 3 rings (SSSR count). The predicted octanol–water partition coefficient (Wildman–Crippen LogP) is 3.68. The van der Waals surface area contributed by atoms with E-state index in [9.17, 15) is 4.79 Å². The van der Waals surface area contributed by atoms with Gasteiger partial charge in [-0.25, -0.2) is 0 Å². The summed E-state index contributed by atoms with van der Waals surface area (Å²) >= 11 is 0. The summed E-state index contributed by atoms with van der Waals surface area (Å²) in [5, 5.41) is 0. The Labute approximate surface area is 155 Å². The minimum Gasteiger partial charge on any atom is -0.488 e. The van der Waals surface area contributed by atoms with Crippen LogP contribution in [0.5, 0.6) is 5.75 Å². The Kier molecular flexibility index (Phi) is 5.74. The lowest BCUT2D eigenvalue weighted by Crippen LogP contribution is -2.12. The zero-order valence-electron chi connectivity index (χ0n) is 15.6. The normalized spacial score (nSPS) is 14.4. The zero-order chi connectivity index (χ0) is 18.5. The fourth-order valence-electron chi connectivity index (χ4n) is 3.16. The molecule has 26 heavy (non-hydrogen) atoms. The summed E-state index contributed by atoms with van der Waals surface area (Å²) in [6, 6.07) is 14.3. The van der Waals surface area contributed by atoms with Crippen LogP contribution in [0.1, 0.15) is 28.7 Å². The molecule has 1 aliphatic heterocycles. The number of methoxy groups -OCH3 is 1. The molecule has 0 fully saturated rings. The Morgan fingerprint density at radius 3 is 2.77 bits per heavy atom. The average molecular weight is 351 g/mol. The Morgan fingerprint density at radius 2 is 2.00 bits per heavy atom. The molecule has 0 radical (unpaired) electrons. The summed E-state index contributed by atoms with van der Waals surface area (Å²) in [4.78, 5) is 13.8. The molecule has 4 heteroatoms. The predicted molar refractivity (Wildman–Crippen MR) is 103 cm³/mol. The van der Waals surface area contributed by atoms with Crippen LogP contribution in [0.3, 0.4) is 0 Å². The van der Waals surface area contributed by atoms with Crippen molar-refractivity contribution in [3.63, 3.8) is 0 Å². The molecule has 0 N–H and O–H groups in total. The molecule has 136 valence electrons. The first-order chi connectivity index (χ1) is 12.6. The van der Waals surface area contributed by atoms with E-state index in [1.807, 2.05) is 18.2 Å². The lowest BCUT2D eigenvalue weighted by atomic mass is 9.92. The van der Waals surface area contributed by atoms with Gasteiger partial charge in [-0.15, -0.1) is 0 Å². The molecule has 0 saturated heterocycles. The van der Waals surface area contributed by atoms with Gasteiger partial charge < -0.3 is 14.4 Å². The summed E-state index contributed by atoms with van der Waals surface area (Å²) in [6.45, 7) is 1.52. The van der Waals surface area contributed by atoms with E-state index in [0.29, 0.717) is 6.61 Å². The second-order valence-corrected chi connectivity index (χ2v) is 6.74. The van der Waals surface area contributed by atoms with Crippen LogP contribution < -0.4 is 4.74 Å². The van der Waals surface area contributed by atoms with Gasteiger partial charge in [-0.05, 0) is 54.9 Å². The molecule has 0 unspecified atom stereocenters. The fraction of sp³-hybridized carbons (Fsp3) is 0.318. The van der Waals surface area contributed by atoms with Crippen LogP contribution in [0.15, 0.2) is 48.5 Å². The number of ether oxygens (including phenoxy) is 2. The SMILES string of the molecule is COC(=O)Cc1ccc2c(c1)/C(=C/CCN(C)C)c1ccccc1CO2. The van der Waals surface area contributed by atoms with Crippen molar-refractivity contribution in [1.82, 2.24) is 4.90 Å². The number of esters is 1. The molecule has 0 amide bonds. The molecule has 0 aromatic heterocycles. The Balaban J connectivity index is 2.05. The van der Waals surface area contributed by atoms with E-state index in [1.54, 1.807) is 0 Å². The van der Waals surface area contributed by atoms with Gasteiger partial charge in [0.2, 0.25) is 0 Å². The maximum absolute atomic E-state index is 11.7. The van der Waals surface area contributed by atoms with Gasteiger partial charge in [-0.1, -0.05) is 36.4 Å². The maximum atomic E-state index is 11.7. The highest BCUT2D eigenvalue weighted by atomic mass is 16.5. The molecular formula is C22H25NO3. The topological polar surface area (TPSA) is 38.8 Å². The highest BCUT2D eigenvalue weighted by Crippen LogP contribution is 2.37. The van der Waals surface area contributed by atoms with Crippen molar-refractivity contribution >= 4 is 11.5 Å². The molecule has 0 saturated carbocycles. The van der Waals surface area contributed by atoms with Gasteiger partial charge in [-0.2, -0.15) is 0 Å². The summed E-state index contributed by atoms with van der Waals surface area (Å²) in [7, 11) is 5.56. The summed E-state index contributed by atoms with van der Waals surface area (Å²) in [5.74, 6) is 0.615. The summed E-state index contributed by atoms with van der Waals surface area (Å²) in [6.07, 6.45) is 3.47. The van der Waals surface area contributed by atoms with Crippen molar-refractivity contribution in [2.45, 2.75) is 19.4 Å². The number of carbonyl (C=O) groups excluding carboxylic acids is 1. The Bertz CT molecular complexity index is 824. The Hall–Kier alpha value is -2.59. The zero-order valence-corrected chi connectivity index (χ0v) is 15.6. The van der Waals surface area contributed by atoms with Crippen LogP contribution >= 0.6 is 0 Å². The van der Waals surface area contributed by atoms with Crippen LogP contribution in [-0.2, 0) is 22.6 Å². The van der Waals surface area contributed by atoms with Crippen LogP contribution in [-0.4, -0.2) is 38.6 Å². The quantitative estimate of drug-likeness (QED) is 0.771. The summed E-state index contributed by atoms with van der Waals surface area (Å²) < 4.78 is 10.9. The summed E-state index contributed by atoms with van der Waals surface area (Å²) in [5.41, 5.74) is 5.50. The Morgan fingerprint density at radius 1 is 1.19 bits per heavy atom. The standard InChI is InChI=1S/C22H25NO3/c1-23(2)12-6-9-19-18-8-5-4-7-17(18)15-26-21-11-10-16(13-20(19)21)14-22(24)25-3/h4-5,7-11,13H,6,12,14-15H2,1-3H3/b19-9+. The van der Waals surface area contributed by atoms with E-state index in [2.05, 4.69) is 49.3 Å². The van der Waals surface area contributed by atoms with Crippen molar-refractivity contribution in [3.8, 4) is 5.75 Å². The third-order valence-electron chi connectivity index (χ3n) is 4.53. The van der Waals surface area contributed by atoms with Crippen LogP contribution in [0, 0.1) is 0 Å². The number of rotatable bonds is 5. The van der Waals surface area contributed by atoms with Gasteiger partial charge in [0.15, 0.2) is 0 Å². The number of carbonyl (C=O) groups is 1. The van der Waals surface area contributed by atoms with E-state index >= 15 is 0 Å². The largest absolute Gasteiger partial charge is 0.488 e. The number of benzene rings is 2. The van der Waals surface area contributed by atoms with Gasteiger partial charge >= 0.3 is 5.97 Å². The van der Waals surface area contributed by atoms with Gasteiger partial charge in [0.25, 0.3) is 0 Å². The first kappa shape index (κ1) is 18.2. The minimum absolute atomic E-state index is 0.238. The second kappa shape index (κ2) is 8.19. The molecular weight excluding hydrogens is 326 g/mol. The van der Waals surface area contributed by atoms with Crippen LogP contribution in [0.25, 0.3) is 5.57 Å². The molecule has 2 aromatic carbocycles. The molecule has 0 aliphatic carbocycles. The maximum Gasteiger partial charge on any atom is 0.309 e. The number of hydrogen-bond donors (Lipinski definition) is 0. The lowest BCUT2D eigenvalue weighted by Gasteiger charge is -2.13. The van der Waals surface area contributed by atoms with Gasteiger partial charge in [0, 0.05) is 12.1 Å². The minimum atomic E-state index is -0.238. The third kappa shape index (κ3) is 4.14. The number of nitrogens with zero attached hydrogens (tertiary/aromatic N) is 1. The van der Waals surface area contributed by atoms with E-state index in [0.717, 1.165) is 29.8 Å². The van der Waals surface area contributed by atoms with Crippen molar-refractivity contribution < 1.29 is 14.3 Å². The van der Waals surface area contributed by atoms with Crippen molar-refractivity contribution in [3.05, 3.63) is 70.8 Å². The second-order valence-electron chi connectivity index (χ2n) is 6.74. The molecule has 0 spiro atoms. The van der Waals surface area contributed by atoms with Crippen LogP contribution in [0.2, 0.25) is 0 Å². The van der Waals surface area contributed by atoms with E-state index in [4.69, 9.17) is 9.47 Å². The molecule has 1 heterocycles. The van der Waals surface area contributed by atoms with Crippen molar-refractivity contribution in [2.75, 3.05) is 27.7 Å². The van der Waals surface area contributed by atoms with E-state index < -0.39 is 0 Å². The first-order valence-electron chi connectivity index (χ1n) is 8.84. The average Bonchev–Trinajstić information content (AvgIpc) is 2.79. The van der Waals surface area contributed by atoms with Gasteiger partial charge in [0.05, 0.1) is 13.5 Å². The van der Waals surface area contributed by atoms with Gasteiger partial charge in [-0.3, -0.25) is 4.79 Å². The van der Waals surface area contributed by atoms with E-state index in [1.165, 1.54) is 23.8 Å². The van der Waals surface area contributed by atoms with Crippen molar-refractivity contribution in [2.24, 2.45) is 0 Å². The fourth-order valence-corrected chi connectivity index (χ4v) is 3.16. The van der Waals surface area contributed by atoms with E-state index in [-0.39, 0.29) is 12.4 Å².